The van der Waals surface area contributed by atoms with E-state index in [1.54, 1.807) is 84.9 Å². The fourth-order valence-electron chi connectivity index (χ4n) is 12.2. The molecule has 2 aliphatic rings. The highest BCUT2D eigenvalue weighted by Gasteiger charge is 2.35. The molecule has 0 bridgehead atoms. The van der Waals surface area contributed by atoms with Gasteiger partial charge >= 0.3 is 5.97 Å². The van der Waals surface area contributed by atoms with Crippen molar-refractivity contribution >= 4 is 66.1 Å². The molecule has 2 aliphatic heterocycles. The molecule has 0 aliphatic carbocycles. The van der Waals surface area contributed by atoms with E-state index in [9.17, 15) is 55.3 Å². The average molecular weight is 1490 g/mol. The van der Waals surface area contributed by atoms with E-state index < -0.39 is 66.1 Å². The smallest absolute Gasteiger partial charge is 0.337 e. The van der Waals surface area contributed by atoms with Crippen LogP contribution in [0.1, 0.15) is 80.5 Å². The van der Waals surface area contributed by atoms with Crippen LogP contribution in [0.4, 0.5) is 0 Å². The molecule has 7 aromatic carbocycles. The molecule has 2 saturated heterocycles. The number of carbonyl (C=O) groups is 1. The van der Waals surface area contributed by atoms with Crippen molar-refractivity contribution in [2.45, 2.75) is 110 Å². The van der Waals surface area contributed by atoms with E-state index in [2.05, 4.69) is 0 Å². The van der Waals surface area contributed by atoms with Crippen molar-refractivity contribution < 1.29 is 60.0 Å². The van der Waals surface area contributed by atoms with Crippen LogP contribution >= 0.6 is 0 Å². The van der Waals surface area contributed by atoms with Gasteiger partial charge in [-0.15, -0.1) is 0 Å². The minimum Gasteiger partial charge on any atom is -0.465 e. The summed E-state index contributed by atoms with van der Waals surface area (Å²) in [4.78, 5) is 18.0. The van der Waals surface area contributed by atoms with Gasteiger partial charge in [-0.3, -0.25) is 9.80 Å². The fourth-order valence-corrected chi connectivity index (χ4v) is 21.1. The van der Waals surface area contributed by atoms with Crippen LogP contribution < -0.4 is 0 Å². The van der Waals surface area contributed by atoms with Crippen LogP contribution in [0.5, 0.6) is 0 Å². The summed E-state index contributed by atoms with van der Waals surface area (Å²) < 4.78 is 190. The molecule has 0 amide bonds. The maximum absolute atomic E-state index is 14.8. The average Bonchev–Trinajstić information content (AvgIpc) is 0.805. The van der Waals surface area contributed by atoms with Crippen molar-refractivity contribution in [2.24, 2.45) is 0 Å². The Balaban J connectivity index is 1.07. The van der Waals surface area contributed by atoms with Gasteiger partial charge in [0, 0.05) is 105 Å². The first-order valence-corrected chi connectivity index (χ1v) is 42.1. The molecule has 22 nitrogen and oxygen atoms in total. The Morgan fingerprint density at radius 3 is 0.670 bits per heavy atom. The number of carbonyl (C=O) groups excluding carboxylic acids is 1. The van der Waals surface area contributed by atoms with E-state index in [4.69, 9.17) is 4.74 Å². The highest BCUT2D eigenvalue weighted by atomic mass is 32.2. The largest absolute Gasteiger partial charge is 0.465 e. The second-order valence-electron chi connectivity index (χ2n) is 25.8. The topological polar surface area (TPSA) is 257 Å². The van der Waals surface area contributed by atoms with Crippen LogP contribution in [0, 0.1) is 41.5 Å². The van der Waals surface area contributed by atoms with Gasteiger partial charge in [-0.1, -0.05) is 112 Å². The molecule has 0 saturated carbocycles. The van der Waals surface area contributed by atoms with E-state index in [1.165, 1.54) is 106 Å². The highest BCUT2D eigenvalue weighted by molar-refractivity contribution is 7.90. The monoisotopic (exact) mass is 1480 g/mol. The predicted octanol–water partition coefficient (Wildman–Crippen LogP) is 8.66. The number of benzene rings is 7. The van der Waals surface area contributed by atoms with Crippen LogP contribution in [0.15, 0.2) is 193 Å². The van der Waals surface area contributed by atoms with Crippen molar-refractivity contribution in [3.8, 4) is 0 Å². The molecule has 0 N–H and O–H groups in total. The number of hydrogen-bond acceptors (Lipinski definition) is 16. The lowest BCUT2D eigenvalue weighted by Crippen LogP contribution is -2.45. The van der Waals surface area contributed by atoms with Gasteiger partial charge in [0.05, 0.1) is 42.0 Å². The summed E-state index contributed by atoms with van der Waals surface area (Å²) in [5.41, 5.74) is 6.41. The number of sulfonamides is 6. The molecule has 2 heterocycles. The molecular weight excluding hydrogens is 1390 g/mol. The number of rotatable bonds is 17. The van der Waals surface area contributed by atoms with Crippen molar-refractivity contribution in [1.29, 1.82) is 0 Å². The Morgan fingerprint density at radius 2 is 0.470 bits per heavy atom. The van der Waals surface area contributed by atoms with Gasteiger partial charge in [0.15, 0.2) is 0 Å². The van der Waals surface area contributed by atoms with Gasteiger partial charge in [-0.2, -0.15) is 25.8 Å². The predicted molar refractivity (Wildman–Crippen MR) is 386 cm³/mol. The van der Waals surface area contributed by atoms with E-state index in [0.717, 1.165) is 33.4 Å². The van der Waals surface area contributed by atoms with Crippen LogP contribution in [-0.2, 0) is 78.0 Å². The maximum atomic E-state index is 14.8. The van der Waals surface area contributed by atoms with Gasteiger partial charge in [0.25, 0.3) is 0 Å². The zero-order valence-electron chi connectivity index (χ0n) is 57.9. The summed E-state index contributed by atoms with van der Waals surface area (Å²) in [5, 5.41) is 0. The van der Waals surface area contributed by atoms with Gasteiger partial charge in [0.2, 0.25) is 60.1 Å². The van der Waals surface area contributed by atoms with Crippen LogP contribution in [0.25, 0.3) is 0 Å². The Kier molecular flexibility index (Phi) is 26.1. The van der Waals surface area contributed by atoms with E-state index >= 15 is 0 Å². The first kappa shape index (κ1) is 77.5. The molecule has 7 aromatic rings. The number of methoxy groups -OCH3 is 1. The van der Waals surface area contributed by atoms with E-state index in [0.29, 0.717) is 11.1 Å². The lowest BCUT2D eigenvalue weighted by molar-refractivity contribution is 0.0600. The molecule has 9 rings (SSSR count). The Morgan fingerprint density at radius 1 is 0.280 bits per heavy atom. The van der Waals surface area contributed by atoms with Crippen molar-refractivity contribution in [3.63, 3.8) is 0 Å². The molecule has 100 heavy (non-hydrogen) atoms. The van der Waals surface area contributed by atoms with Crippen LogP contribution in [-0.4, -0.2) is 204 Å². The Labute approximate surface area is 593 Å². The second-order valence-corrected chi connectivity index (χ2v) is 37.4. The third-order valence-electron chi connectivity index (χ3n) is 18.2. The molecule has 28 heteroatoms. The maximum Gasteiger partial charge on any atom is 0.337 e. The van der Waals surface area contributed by atoms with Crippen LogP contribution in [0.2, 0.25) is 0 Å². The van der Waals surface area contributed by atoms with Gasteiger partial charge < -0.3 is 4.74 Å². The Hall–Kier alpha value is -6.61. The molecule has 0 spiro atoms. The molecule has 540 valence electrons. The molecule has 0 aromatic heterocycles. The quantitative estimate of drug-likeness (QED) is 0.0773. The number of hydrogen-bond donors (Lipinski definition) is 0. The molecule has 0 radical (unpaired) electrons. The zero-order valence-corrected chi connectivity index (χ0v) is 62.8. The summed E-state index contributed by atoms with van der Waals surface area (Å²) in [6.45, 7) is 10.0. The summed E-state index contributed by atoms with van der Waals surface area (Å²) in [5.74, 6) is -0.665. The molecule has 0 unspecified atom stereocenters. The van der Waals surface area contributed by atoms with Crippen molar-refractivity contribution in [1.82, 2.24) is 35.6 Å². The SMILES string of the molecule is COC(=O)c1cc(CN2CCCN(S(=O)(=O)c3ccc(C)cc3)CCN(S(=O)(=O)c3ccc(C)cc3)CCCN(S(=O)(=O)c3ccc(C)cc3)CC2)cc(CN2CCCN(S(=O)(=O)c3ccc(C)cc3)CCN(S(=O)(=O)c3ccc(C)cc3)CCCN(S(=O)(=O)c3ccc(C)cc3)CC2)c1. The lowest BCUT2D eigenvalue weighted by atomic mass is 10.0. The third-order valence-corrected chi connectivity index (χ3v) is 29.6. The molecule has 2 fully saturated rings. The molecule has 0 atom stereocenters. The van der Waals surface area contributed by atoms with Gasteiger partial charge in [-0.05, 0) is 176 Å². The summed E-state index contributed by atoms with van der Waals surface area (Å²) in [6.07, 6.45) is 0.458. The number of aryl methyl sites for hydroxylation is 6. The van der Waals surface area contributed by atoms with Crippen molar-refractivity contribution in [2.75, 3.05) is 112 Å². The van der Waals surface area contributed by atoms with E-state index in [-0.39, 0.29) is 178 Å². The van der Waals surface area contributed by atoms with Gasteiger partial charge in [-0.25, -0.2) is 55.3 Å². The molecular formula is C72H92N8O14S6. The number of ether oxygens (including phenoxy) is 1. The minimum absolute atomic E-state index is 0.00887. The normalized spacial score (nSPS) is 17.8. The van der Waals surface area contributed by atoms with Crippen molar-refractivity contribution in [3.05, 3.63) is 214 Å². The lowest BCUT2D eigenvalue weighted by Gasteiger charge is -2.32. The van der Waals surface area contributed by atoms with Crippen LogP contribution in [0.3, 0.4) is 0 Å². The highest BCUT2D eigenvalue weighted by Crippen LogP contribution is 2.27. The van der Waals surface area contributed by atoms with E-state index in [1.807, 2.05) is 57.4 Å². The number of esters is 1. The summed E-state index contributed by atoms with van der Waals surface area (Å²) >= 11 is 0. The standard InChI is InChI=1S/C72H92N8O14S6/c1-57-12-24-66(25-13-57)95(82,83)75-40-10-42-79(99(90,91)70-32-20-61(5)21-33-70)50-48-77(97(86,87)68-28-16-59(3)17-29-68)38-8-36-73(44-46-75)55-63-52-64(54-65(53-63)72(81)94-7)56-74-37-9-39-78(98(88,89)69-30-18-60(4)19-31-69)49-51-80(100(92,93)71-34-22-62(6)23-35-71)43-11-41-76(47-45-74)96(84,85)67-26-14-58(2)15-27-67/h12-35,52-54H,8-11,36-51,55-56H2,1-7H3. The first-order chi connectivity index (χ1) is 47.4. The number of nitrogens with zero attached hydrogens (tertiary/aromatic N) is 8. The van der Waals surface area contributed by atoms with Gasteiger partial charge in [0.1, 0.15) is 0 Å². The first-order valence-electron chi connectivity index (χ1n) is 33.4. The summed E-state index contributed by atoms with van der Waals surface area (Å²) in [7, 11) is -24.1. The Bertz CT molecular complexity index is 4370. The fraction of sp³-hybridized carbons (Fsp3) is 0.403. The second kappa shape index (κ2) is 33.7. The summed E-state index contributed by atoms with van der Waals surface area (Å²) in [6, 6.07) is 43.8. The zero-order chi connectivity index (χ0) is 72.2. The minimum atomic E-state index is -4.23. The third kappa shape index (κ3) is 19.6.